The van der Waals surface area contributed by atoms with E-state index in [0.29, 0.717) is 17.8 Å². The van der Waals surface area contributed by atoms with Gasteiger partial charge in [-0.2, -0.15) is 0 Å². The molecule has 1 aliphatic heterocycles. The van der Waals surface area contributed by atoms with Crippen LogP contribution in [0.5, 0.6) is 0 Å². The van der Waals surface area contributed by atoms with Crippen molar-refractivity contribution in [2.75, 3.05) is 23.0 Å². The SMILES string of the molecule is CSc1cccc(N2C[C@@H](C(=O)Nc3ccc(C(N)=O)cc3)CC2=O)c1. The minimum Gasteiger partial charge on any atom is -0.366 e. The number of nitrogens with zero attached hydrogens (tertiary/aromatic N) is 1. The van der Waals surface area contributed by atoms with Crippen LogP contribution in [0.2, 0.25) is 0 Å². The number of nitrogens with two attached hydrogens (primary N) is 1. The van der Waals surface area contributed by atoms with Gasteiger partial charge in [0.05, 0.1) is 5.92 Å². The van der Waals surface area contributed by atoms with Crippen molar-refractivity contribution in [3.05, 3.63) is 54.1 Å². The van der Waals surface area contributed by atoms with Crippen molar-refractivity contribution in [2.24, 2.45) is 11.7 Å². The van der Waals surface area contributed by atoms with Crippen LogP contribution in [0.3, 0.4) is 0 Å². The van der Waals surface area contributed by atoms with Gasteiger partial charge >= 0.3 is 0 Å². The van der Waals surface area contributed by atoms with E-state index in [0.717, 1.165) is 10.6 Å². The lowest BCUT2D eigenvalue weighted by molar-refractivity contribution is -0.122. The largest absolute Gasteiger partial charge is 0.366 e. The van der Waals surface area contributed by atoms with Crippen molar-refractivity contribution >= 4 is 40.9 Å². The number of rotatable bonds is 5. The zero-order valence-corrected chi connectivity index (χ0v) is 15.1. The van der Waals surface area contributed by atoms with E-state index in [9.17, 15) is 14.4 Å². The van der Waals surface area contributed by atoms with Crippen molar-refractivity contribution < 1.29 is 14.4 Å². The molecule has 1 atom stereocenters. The molecule has 3 amide bonds. The Bertz CT molecular complexity index is 851. The minimum absolute atomic E-state index is 0.0625. The quantitative estimate of drug-likeness (QED) is 0.792. The van der Waals surface area contributed by atoms with E-state index in [2.05, 4.69) is 5.32 Å². The summed E-state index contributed by atoms with van der Waals surface area (Å²) in [7, 11) is 0. The molecular weight excluding hydrogens is 350 g/mol. The first-order chi connectivity index (χ1) is 12.5. The molecule has 3 rings (SSSR count). The van der Waals surface area contributed by atoms with Crippen molar-refractivity contribution in [2.45, 2.75) is 11.3 Å². The Hall–Kier alpha value is -2.80. The van der Waals surface area contributed by atoms with E-state index >= 15 is 0 Å². The Morgan fingerprint density at radius 1 is 1.19 bits per heavy atom. The fraction of sp³-hybridized carbons (Fsp3) is 0.211. The van der Waals surface area contributed by atoms with Gasteiger partial charge in [-0.05, 0) is 48.7 Å². The van der Waals surface area contributed by atoms with Gasteiger partial charge in [0.1, 0.15) is 0 Å². The number of hydrogen-bond donors (Lipinski definition) is 2. The van der Waals surface area contributed by atoms with Crippen LogP contribution in [0.25, 0.3) is 0 Å². The molecule has 1 saturated heterocycles. The zero-order valence-electron chi connectivity index (χ0n) is 14.3. The average Bonchev–Trinajstić information content (AvgIpc) is 3.04. The predicted octanol–water partition coefficient (Wildman–Crippen LogP) is 2.50. The van der Waals surface area contributed by atoms with Gasteiger partial charge in [0.15, 0.2) is 0 Å². The van der Waals surface area contributed by atoms with Crippen LogP contribution in [-0.2, 0) is 9.59 Å². The third-order valence-corrected chi connectivity index (χ3v) is 5.02. The third-order valence-electron chi connectivity index (χ3n) is 4.30. The number of anilines is 2. The fourth-order valence-electron chi connectivity index (χ4n) is 2.87. The second kappa shape index (κ2) is 7.61. The smallest absolute Gasteiger partial charge is 0.248 e. The molecule has 2 aromatic carbocycles. The van der Waals surface area contributed by atoms with Crippen LogP contribution >= 0.6 is 11.8 Å². The summed E-state index contributed by atoms with van der Waals surface area (Å²) in [6, 6.07) is 14.1. The Morgan fingerprint density at radius 2 is 1.92 bits per heavy atom. The molecule has 0 saturated carbocycles. The molecule has 0 spiro atoms. The van der Waals surface area contributed by atoms with Gasteiger partial charge in [-0.15, -0.1) is 11.8 Å². The summed E-state index contributed by atoms with van der Waals surface area (Å²) >= 11 is 1.60. The summed E-state index contributed by atoms with van der Waals surface area (Å²) < 4.78 is 0. The van der Waals surface area contributed by atoms with Gasteiger partial charge in [-0.1, -0.05) is 6.07 Å². The lowest BCUT2D eigenvalue weighted by Gasteiger charge is -2.17. The third kappa shape index (κ3) is 3.88. The second-order valence-corrected chi connectivity index (χ2v) is 6.92. The monoisotopic (exact) mass is 369 g/mol. The molecule has 0 aromatic heterocycles. The van der Waals surface area contributed by atoms with Gasteiger partial charge in [-0.3, -0.25) is 14.4 Å². The number of amides is 3. The van der Waals surface area contributed by atoms with E-state index in [1.54, 1.807) is 40.9 Å². The first-order valence-electron chi connectivity index (χ1n) is 8.13. The first kappa shape index (κ1) is 18.0. The number of primary amides is 1. The molecule has 0 bridgehead atoms. The van der Waals surface area contributed by atoms with Crippen molar-refractivity contribution in [3.8, 4) is 0 Å². The highest BCUT2D eigenvalue weighted by molar-refractivity contribution is 7.98. The number of nitrogens with one attached hydrogen (secondary N) is 1. The molecule has 1 heterocycles. The van der Waals surface area contributed by atoms with Gasteiger partial charge in [0.25, 0.3) is 0 Å². The summed E-state index contributed by atoms with van der Waals surface area (Å²) in [6.07, 6.45) is 2.15. The highest BCUT2D eigenvalue weighted by atomic mass is 32.2. The van der Waals surface area contributed by atoms with Crippen LogP contribution in [0, 0.1) is 5.92 Å². The van der Waals surface area contributed by atoms with Crippen LogP contribution in [0.4, 0.5) is 11.4 Å². The number of carbonyl (C=O) groups excluding carboxylic acids is 3. The number of benzene rings is 2. The average molecular weight is 369 g/mol. The van der Waals surface area contributed by atoms with Crippen LogP contribution in [-0.4, -0.2) is 30.5 Å². The van der Waals surface area contributed by atoms with Crippen molar-refractivity contribution in [1.29, 1.82) is 0 Å². The maximum Gasteiger partial charge on any atom is 0.248 e. The summed E-state index contributed by atoms with van der Waals surface area (Å²) in [5.41, 5.74) is 6.95. The molecule has 7 heteroatoms. The molecule has 6 nitrogen and oxygen atoms in total. The molecule has 26 heavy (non-hydrogen) atoms. The molecule has 2 aromatic rings. The molecule has 3 N–H and O–H groups in total. The number of thioether (sulfide) groups is 1. The van der Waals surface area contributed by atoms with Gasteiger partial charge in [0.2, 0.25) is 17.7 Å². The Labute approximate surface area is 155 Å². The minimum atomic E-state index is -0.521. The van der Waals surface area contributed by atoms with E-state index in [-0.39, 0.29) is 18.2 Å². The maximum absolute atomic E-state index is 12.5. The first-order valence-corrected chi connectivity index (χ1v) is 9.35. The van der Waals surface area contributed by atoms with E-state index < -0.39 is 11.8 Å². The highest BCUT2D eigenvalue weighted by Gasteiger charge is 2.35. The second-order valence-electron chi connectivity index (χ2n) is 6.04. The van der Waals surface area contributed by atoms with Crippen LogP contribution in [0.15, 0.2) is 53.4 Å². The van der Waals surface area contributed by atoms with Gasteiger partial charge in [-0.25, -0.2) is 0 Å². The Morgan fingerprint density at radius 3 is 2.58 bits per heavy atom. The normalized spacial score (nSPS) is 16.6. The van der Waals surface area contributed by atoms with E-state index in [4.69, 9.17) is 5.73 Å². The van der Waals surface area contributed by atoms with Crippen molar-refractivity contribution in [3.63, 3.8) is 0 Å². The molecule has 1 fully saturated rings. The zero-order chi connectivity index (χ0) is 18.7. The summed E-state index contributed by atoms with van der Waals surface area (Å²) in [4.78, 5) is 38.6. The predicted molar refractivity (Wildman–Crippen MR) is 102 cm³/mol. The lowest BCUT2D eigenvalue weighted by atomic mass is 10.1. The van der Waals surface area contributed by atoms with E-state index in [1.807, 2.05) is 30.5 Å². The van der Waals surface area contributed by atoms with Crippen molar-refractivity contribution in [1.82, 2.24) is 0 Å². The standard InChI is InChI=1S/C19H19N3O3S/c1-26-16-4-2-3-15(10-16)22-11-13(9-17(22)23)19(25)21-14-7-5-12(6-8-14)18(20)24/h2-8,10,13H,9,11H2,1H3,(H2,20,24)(H,21,25)/t13-/m0/s1. The van der Waals surface area contributed by atoms with E-state index in [1.165, 1.54) is 0 Å². The van der Waals surface area contributed by atoms with Gasteiger partial charge < -0.3 is 16.0 Å². The summed E-state index contributed by atoms with van der Waals surface area (Å²) in [6.45, 7) is 0.349. The summed E-state index contributed by atoms with van der Waals surface area (Å²) in [5.74, 6) is -1.22. The van der Waals surface area contributed by atoms with Crippen LogP contribution < -0.4 is 16.0 Å². The molecule has 134 valence electrons. The summed E-state index contributed by atoms with van der Waals surface area (Å²) in [5, 5.41) is 2.79. The Balaban J connectivity index is 1.67. The Kier molecular flexibility index (Phi) is 5.27. The number of hydrogen-bond acceptors (Lipinski definition) is 4. The number of carbonyl (C=O) groups is 3. The fourth-order valence-corrected chi connectivity index (χ4v) is 3.33. The highest BCUT2D eigenvalue weighted by Crippen LogP contribution is 2.28. The molecule has 0 aliphatic carbocycles. The molecular formula is C19H19N3O3S. The van der Waals surface area contributed by atoms with Gasteiger partial charge in [0, 0.05) is 34.8 Å². The molecule has 1 aliphatic rings. The lowest BCUT2D eigenvalue weighted by Crippen LogP contribution is -2.28. The molecule has 0 radical (unpaired) electrons. The topological polar surface area (TPSA) is 92.5 Å². The van der Waals surface area contributed by atoms with Crippen LogP contribution in [0.1, 0.15) is 16.8 Å². The maximum atomic E-state index is 12.5. The molecule has 0 unspecified atom stereocenters.